The van der Waals surface area contributed by atoms with Crippen molar-refractivity contribution in [3.8, 4) is 0 Å². The predicted octanol–water partition coefficient (Wildman–Crippen LogP) is 3.01. The molecule has 1 aliphatic heterocycles. The third-order valence-electron chi connectivity index (χ3n) is 5.03. The molecule has 1 aliphatic rings. The van der Waals surface area contributed by atoms with E-state index in [0.29, 0.717) is 13.0 Å². The lowest BCUT2D eigenvalue weighted by atomic mass is 10.0. The molecule has 3 amide bonds. The molecule has 0 spiro atoms. The number of carbonyl (C=O) groups excluding carboxylic acids is 3. The van der Waals surface area contributed by atoms with Gasteiger partial charge in [0.05, 0.1) is 12.5 Å². The summed E-state index contributed by atoms with van der Waals surface area (Å²) in [6, 6.07) is 15.1. The van der Waals surface area contributed by atoms with Gasteiger partial charge in [-0.3, -0.25) is 14.4 Å². The molecule has 3 rings (SSSR count). The number of anilines is 1. The molecule has 6 heteroatoms. The van der Waals surface area contributed by atoms with Crippen LogP contribution in [-0.4, -0.2) is 24.3 Å². The quantitative estimate of drug-likeness (QED) is 0.759. The third-order valence-corrected chi connectivity index (χ3v) is 5.03. The van der Waals surface area contributed by atoms with E-state index in [-0.39, 0.29) is 30.2 Å². The number of benzene rings is 2. The monoisotopic (exact) mass is 393 g/mol. The van der Waals surface area contributed by atoms with E-state index in [1.807, 2.05) is 55.5 Å². The molecule has 6 nitrogen and oxygen atoms in total. The molecule has 1 unspecified atom stereocenters. The molecule has 0 radical (unpaired) electrons. The number of nitrogens with zero attached hydrogens (tertiary/aromatic N) is 1. The summed E-state index contributed by atoms with van der Waals surface area (Å²) in [5.41, 5.74) is 3.82. The molecule has 0 saturated carbocycles. The van der Waals surface area contributed by atoms with Crippen LogP contribution < -0.4 is 15.5 Å². The molecular formula is C23H27N3O3. The van der Waals surface area contributed by atoms with Crippen LogP contribution in [0.4, 0.5) is 5.69 Å². The summed E-state index contributed by atoms with van der Waals surface area (Å²) in [4.78, 5) is 37.8. The largest absolute Gasteiger partial charge is 0.352 e. The molecule has 1 saturated heterocycles. The fourth-order valence-electron chi connectivity index (χ4n) is 3.51. The van der Waals surface area contributed by atoms with Crippen LogP contribution in [0.25, 0.3) is 0 Å². The minimum Gasteiger partial charge on any atom is -0.352 e. The first kappa shape index (κ1) is 20.6. The Kier molecular flexibility index (Phi) is 6.65. The minimum atomic E-state index is -0.373. The van der Waals surface area contributed by atoms with Gasteiger partial charge in [-0.05, 0) is 36.6 Å². The maximum absolute atomic E-state index is 12.5. The van der Waals surface area contributed by atoms with Crippen molar-refractivity contribution in [1.29, 1.82) is 0 Å². The van der Waals surface area contributed by atoms with Gasteiger partial charge in [-0.15, -0.1) is 0 Å². The van der Waals surface area contributed by atoms with Gasteiger partial charge in [0, 0.05) is 32.1 Å². The number of amides is 3. The van der Waals surface area contributed by atoms with Crippen LogP contribution in [0.5, 0.6) is 0 Å². The standard InChI is InChI=1S/C23H27N3O3/c1-16-8-10-19(11-9-16)21(25-17(2)27)14-22(28)24-15-18-5-3-6-20(13-18)26-12-4-7-23(26)29/h3,5-6,8-11,13,21H,4,7,12,14-15H2,1-2H3,(H,24,28)(H,25,27). The number of rotatable bonds is 7. The Bertz CT molecular complexity index is 892. The van der Waals surface area contributed by atoms with E-state index in [1.165, 1.54) is 6.92 Å². The van der Waals surface area contributed by atoms with E-state index in [4.69, 9.17) is 0 Å². The Morgan fingerprint density at radius 1 is 1.14 bits per heavy atom. The van der Waals surface area contributed by atoms with Crippen LogP contribution in [0.15, 0.2) is 48.5 Å². The lowest BCUT2D eigenvalue weighted by Crippen LogP contribution is -2.32. The van der Waals surface area contributed by atoms with Crippen LogP contribution in [0.2, 0.25) is 0 Å². The van der Waals surface area contributed by atoms with Crippen LogP contribution in [0.1, 0.15) is 48.9 Å². The normalized spacial score (nSPS) is 14.6. The summed E-state index contributed by atoms with van der Waals surface area (Å²) in [7, 11) is 0. The van der Waals surface area contributed by atoms with Gasteiger partial charge in [0.2, 0.25) is 17.7 Å². The Morgan fingerprint density at radius 3 is 2.55 bits per heavy atom. The van der Waals surface area contributed by atoms with Crippen LogP contribution in [0, 0.1) is 6.92 Å². The molecule has 1 heterocycles. The van der Waals surface area contributed by atoms with Crippen molar-refractivity contribution in [2.75, 3.05) is 11.4 Å². The molecule has 0 aromatic heterocycles. The maximum Gasteiger partial charge on any atom is 0.227 e. The maximum atomic E-state index is 12.5. The van der Waals surface area contributed by atoms with Gasteiger partial charge in [0.15, 0.2) is 0 Å². The van der Waals surface area contributed by atoms with Gasteiger partial charge < -0.3 is 15.5 Å². The summed E-state index contributed by atoms with van der Waals surface area (Å²) in [6.45, 7) is 4.55. The van der Waals surface area contributed by atoms with Crippen molar-refractivity contribution in [3.05, 3.63) is 65.2 Å². The first-order valence-electron chi connectivity index (χ1n) is 9.92. The van der Waals surface area contributed by atoms with Gasteiger partial charge in [0.25, 0.3) is 0 Å². The van der Waals surface area contributed by atoms with Crippen molar-refractivity contribution in [1.82, 2.24) is 10.6 Å². The molecule has 1 fully saturated rings. The second-order valence-corrected chi connectivity index (χ2v) is 7.46. The van der Waals surface area contributed by atoms with Crippen LogP contribution in [-0.2, 0) is 20.9 Å². The van der Waals surface area contributed by atoms with Crippen LogP contribution in [0.3, 0.4) is 0 Å². The number of nitrogens with one attached hydrogen (secondary N) is 2. The zero-order chi connectivity index (χ0) is 20.8. The first-order valence-corrected chi connectivity index (χ1v) is 9.92. The molecule has 152 valence electrons. The Labute approximate surface area is 171 Å². The highest BCUT2D eigenvalue weighted by atomic mass is 16.2. The molecule has 0 aliphatic carbocycles. The van der Waals surface area contributed by atoms with E-state index >= 15 is 0 Å². The Balaban J connectivity index is 1.61. The molecule has 2 aromatic carbocycles. The van der Waals surface area contributed by atoms with Gasteiger partial charge in [0.1, 0.15) is 0 Å². The van der Waals surface area contributed by atoms with Crippen molar-refractivity contribution < 1.29 is 14.4 Å². The number of aryl methyl sites for hydroxylation is 1. The van der Waals surface area contributed by atoms with Crippen molar-refractivity contribution >= 4 is 23.4 Å². The summed E-state index contributed by atoms with van der Waals surface area (Å²) in [6.07, 6.45) is 1.63. The molecule has 29 heavy (non-hydrogen) atoms. The highest BCUT2D eigenvalue weighted by molar-refractivity contribution is 5.95. The third kappa shape index (κ3) is 5.67. The average Bonchev–Trinajstić information content (AvgIpc) is 3.12. The summed E-state index contributed by atoms with van der Waals surface area (Å²) < 4.78 is 0. The highest BCUT2D eigenvalue weighted by Crippen LogP contribution is 2.22. The second-order valence-electron chi connectivity index (χ2n) is 7.46. The first-order chi connectivity index (χ1) is 13.9. The zero-order valence-corrected chi connectivity index (χ0v) is 16.9. The SMILES string of the molecule is CC(=O)NC(CC(=O)NCc1cccc(N2CCCC2=O)c1)c1ccc(C)cc1. The Hall–Kier alpha value is -3.15. The van der Waals surface area contributed by atoms with Gasteiger partial charge in [-0.25, -0.2) is 0 Å². The fraction of sp³-hybridized carbons (Fsp3) is 0.348. The number of carbonyl (C=O) groups is 3. The summed E-state index contributed by atoms with van der Waals surface area (Å²) >= 11 is 0. The van der Waals surface area contributed by atoms with Gasteiger partial charge in [-0.2, -0.15) is 0 Å². The molecule has 2 aromatic rings. The zero-order valence-electron chi connectivity index (χ0n) is 16.9. The lowest BCUT2D eigenvalue weighted by molar-refractivity contribution is -0.123. The number of hydrogen-bond donors (Lipinski definition) is 2. The van der Waals surface area contributed by atoms with Crippen molar-refractivity contribution in [2.45, 2.75) is 45.7 Å². The van der Waals surface area contributed by atoms with Gasteiger partial charge >= 0.3 is 0 Å². The van der Waals surface area contributed by atoms with E-state index in [2.05, 4.69) is 10.6 Å². The Morgan fingerprint density at radius 2 is 1.90 bits per heavy atom. The fourth-order valence-corrected chi connectivity index (χ4v) is 3.51. The van der Waals surface area contributed by atoms with Crippen molar-refractivity contribution in [3.63, 3.8) is 0 Å². The molecule has 2 N–H and O–H groups in total. The lowest BCUT2D eigenvalue weighted by Gasteiger charge is -2.19. The molecule has 1 atom stereocenters. The highest BCUT2D eigenvalue weighted by Gasteiger charge is 2.22. The molecule has 0 bridgehead atoms. The van der Waals surface area contributed by atoms with E-state index in [0.717, 1.165) is 35.3 Å². The van der Waals surface area contributed by atoms with E-state index in [1.54, 1.807) is 4.90 Å². The van der Waals surface area contributed by atoms with E-state index < -0.39 is 0 Å². The average molecular weight is 393 g/mol. The summed E-state index contributed by atoms with van der Waals surface area (Å²) in [5, 5.41) is 5.77. The minimum absolute atomic E-state index is 0.141. The second kappa shape index (κ2) is 9.37. The van der Waals surface area contributed by atoms with Crippen LogP contribution >= 0.6 is 0 Å². The van der Waals surface area contributed by atoms with E-state index in [9.17, 15) is 14.4 Å². The number of hydrogen-bond acceptors (Lipinski definition) is 3. The summed E-state index contributed by atoms with van der Waals surface area (Å²) in [5.74, 6) is -0.180. The molecular weight excluding hydrogens is 366 g/mol. The predicted molar refractivity (Wildman–Crippen MR) is 112 cm³/mol. The smallest absolute Gasteiger partial charge is 0.227 e. The topological polar surface area (TPSA) is 78.5 Å². The van der Waals surface area contributed by atoms with Gasteiger partial charge in [-0.1, -0.05) is 42.0 Å². The van der Waals surface area contributed by atoms with Crippen molar-refractivity contribution in [2.24, 2.45) is 0 Å².